The molecule has 1 heterocycles. The second-order valence-corrected chi connectivity index (χ2v) is 6.16. The van der Waals surface area contributed by atoms with E-state index in [1.165, 1.54) is 43.4 Å². The Bertz CT molecular complexity index is 411. The van der Waals surface area contributed by atoms with Crippen molar-refractivity contribution in [3.63, 3.8) is 0 Å². The minimum Gasteiger partial charge on any atom is -0.359 e. The Labute approximate surface area is 123 Å². The van der Waals surface area contributed by atoms with Crippen molar-refractivity contribution in [2.45, 2.75) is 58.4 Å². The zero-order valence-corrected chi connectivity index (χ0v) is 13.1. The van der Waals surface area contributed by atoms with Crippen molar-refractivity contribution < 1.29 is 0 Å². The van der Waals surface area contributed by atoms with Crippen LogP contribution in [0.2, 0.25) is 0 Å². The van der Waals surface area contributed by atoms with E-state index in [1.54, 1.807) is 0 Å². The Kier molecular flexibility index (Phi) is 5.84. The van der Waals surface area contributed by atoms with Crippen molar-refractivity contribution in [3.05, 3.63) is 23.4 Å². The van der Waals surface area contributed by atoms with Crippen LogP contribution in [0.3, 0.4) is 0 Å². The number of nitrogens with two attached hydrogens (primary N) is 1. The summed E-state index contributed by atoms with van der Waals surface area (Å²) in [5.74, 6) is 1.94. The van der Waals surface area contributed by atoms with Crippen LogP contribution in [-0.2, 0) is 13.0 Å². The second kappa shape index (κ2) is 7.63. The molecule has 0 aliphatic heterocycles. The molecule has 1 saturated carbocycles. The van der Waals surface area contributed by atoms with E-state index in [-0.39, 0.29) is 0 Å². The standard InChI is InChI=1S/C17H29N3/c1-3-7-16-10-15(12-18)11-17(19-16)20(2)13-14-8-5-4-6-9-14/h10-11,14H,3-9,12-13,18H2,1-2H3. The van der Waals surface area contributed by atoms with Crippen LogP contribution in [-0.4, -0.2) is 18.6 Å². The summed E-state index contributed by atoms with van der Waals surface area (Å²) in [4.78, 5) is 7.13. The molecule has 0 spiro atoms. The molecule has 0 atom stereocenters. The number of rotatable bonds is 6. The first kappa shape index (κ1) is 15.3. The Morgan fingerprint density at radius 1 is 1.25 bits per heavy atom. The minimum atomic E-state index is 0.601. The lowest BCUT2D eigenvalue weighted by Gasteiger charge is -2.28. The second-order valence-electron chi connectivity index (χ2n) is 6.16. The highest BCUT2D eigenvalue weighted by Gasteiger charge is 2.16. The third kappa shape index (κ3) is 4.20. The van der Waals surface area contributed by atoms with Gasteiger partial charge < -0.3 is 10.6 Å². The average Bonchev–Trinajstić information content (AvgIpc) is 2.48. The predicted molar refractivity (Wildman–Crippen MR) is 86.0 cm³/mol. The highest BCUT2D eigenvalue weighted by molar-refractivity contribution is 5.42. The van der Waals surface area contributed by atoms with Crippen molar-refractivity contribution in [3.8, 4) is 0 Å². The third-order valence-electron chi connectivity index (χ3n) is 4.31. The molecule has 0 bridgehead atoms. The first-order valence-corrected chi connectivity index (χ1v) is 8.14. The van der Waals surface area contributed by atoms with Crippen LogP contribution in [0.1, 0.15) is 56.7 Å². The zero-order chi connectivity index (χ0) is 14.4. The van der Waals surface area contributed by atoms with E-state index in [2.05, 4.69) is 31.0 Å². The van der Waals surface area contributed by atoms with Gasteiger partial charge in [0.1, 0.15) is 5.82 Å². The number of hydrogen-bond acceptors (Lipinski definition) is 3. The first-order chi connectivity index (χ1) is 9.72. The molecular weight excluding hydrogens is 246 g/mol. The monoisotopic (exact) mass is 275 g/mol. The van der Waals surface area contributed by atoms with Crippen LogP contribution >= 0.6 is 0 Å². The zero-order valence-electron chi connectivity index (χ0n) is 13.1. The van der Waals surface area contributed by atoms with Gasteiger partial charge in [0.05, 0.1) is 0 Å². The molecule has 1 aromatic heterocycles. The summed E-state index contributed by atoms with van der Waals surface area (Å²) in [6, 6.07) is 4.31. The molecule has 0 aromatic carbocycles. The number of pyridine rings is 1. The summed E-state index contributed by atoms with van der Waals surface area (Å²) in [7, 11) is 2.17. The van der Waals surface area contributed by atoms with E-state index in [0.29, 0.717) is 6.54 Å². The maximum Gasteiger partial charge on any atom is 0.128 e. The molecule has 0 unspecified atom stereocenters. The lowest BCUT2D eigenvalue weighted by molar-refractivity contribution is 0.361. The topological polar surface area (TPSA) is 42.1 Å². The van der Waals surface area contributed by atoms with Gasteiger partial charge in [-0.15, -0.1) is 0 Å². The van der Waals surface area contributed by atoms with Gasteiger partial charge in [0.2, 0.25) is 0 Å². The molecule has 1 fully saturated rings. The maximum absolute atomic E-state index is 5.82. The van der Waals surface area contributed by atoms with Gasteiger partial charge >= 0.3 is 0 Å². The van der Waals surface area contributed by atoms with Crippen molar-refractivity contribution in [2.24, 2.45) is 11.7 Å². The third-order valence-corrected chi connectivity index (χ3v) is 4.31. The lowest BCUT2D eigenvalue weighted by atomic mass is 9.89. The fraction of sp³-hybridized carbons (Fsp3) is 0.706. The number of aryl methyl sites for hydroxylation is 1. The summed E-state index contributed by atoms with van der Waals surface area (Å²) in [5, 5.41) is 0. The molecule has 1 aromatic rings. The molecule has 0 amide bonds. The van der Waals surface area contributed by atoms with Gasteiger partial charge in [-0.3, -0.25) is 0 Å². The number of nitrogens with zero attached hydrogens (tertiary/aromatic N) is 2. The van der Waals surface area contributed by atoms with E-state index < -0.39 is 0 Å². The minimum absolute atomic E-state index is 0.601. The smallest absolute Gasteiger partial charge is 0.128 e. The number of hydrogen-bond donors (Lipinski definition) is 1. The number of anilines is 1. The largest absolute Gasteiger partial charge is 0.359 e. The van der Waals surface area contributed by atoms with E-state index >= 15 is 0 Å². The predicted octanol–water partition coefficient (Wildman–Crippen LogP) is 3.51. The Morgan fingerprint density at radius 3 is 2.65 bits per heavy atom. The van der Waals surface area contributed by atoms with Crippen LogP contribution in [0.15, 0.2) is 12.1 Å². The summed E-state index contributed by atoms with van der Waals surface area (Å²) < 4.78 is 0. The first-order valence-electron chi connectivity index (χ1n) is 8.14. The molecule has 3 heteroatoms. The lowest BCUT2D eigenvalue weighted by Crippen LogP contribution is -2.27. The van der Waals surface area contributed by atoms with E-state index in [1.807, 2.05) is 0 Å². The highest BCUT2D eigenvalue weighted by atomic mass is 15.2. The van der Waals surface area contributed by atoms with Gasteiger partial charge in [0.15, 0.2) is 0 Å². The Balaban J connectivity index is 2.06. The van der Waals surface area contributed by atoms with Gasteiger partial charge in [-0.1, -0.05) is 32.6 Å². The summed E-state index contributed by atoms with van der Waals surface area (Å²) >= 11 is 0. The molecule has 0 saturated heterocycles. The molecule has 0 radical (unpaired) electrons. The van der Waals surface area contributed by atoms with E-state index in [9.17, 15) is 0 Å². The van der Waals surface area contributed by atoms with Gasteiger partial charge in [-0.25, -0.2) is 4.98 Å². The fourth-order valence-corrected chi connectivity index (χ4v) is 3.18. The fourth-order valence-electron chi connectivity index (χ4n) is 3.18. The average molecular weight is 275 g/mol. The maximum atomic E-state index is 5.82. The molecule has 2 N–H and O–H groups in total. The molecule has 2 rings (SSSR count). The van der Waals surface area contributed by atoms with Gasteiger partial charge in [-0.05, 0) is 42.9 Å². The molecule has 20 heavy (non-hydrogen) atoms. The SMILES string of the molecule is CCCc1cc(CN)cc(N(C)CC2CCCCC2)n1. The molecular formula is C17H29N3. The molecule has 1 aliphatic carbocycles. The van der Waals surface area contributed by atoms with Crippen LogP contribution in [0.25, 0.3) is 0 Å². The van der Waals surface area contributed by atoms with E-state index in [0.717, 1.165) is 31.1 Å². The van der Waals surface area contributed by atoms with Crippen LogP contribution < -0.4 is 10.6 Å². The molecule has 1 aliphatic rings. The summed E-state index contributed by atoms with van der Waals surface area (Å²) in [6.07, 6.45) is 9.14. The van der Waals surface area contributed by atoms with Gasteiger partial charge in [-0.2, -0.15) is 0 Å². The summed E-state index contributed by atoms with van der Waals surface area (Å²) in [5.41, 5.74) is 8.21. The van der Waals surface area contributed by atoms with Gasteiger partial charge in [0.25, 0.3) is 0 Å². The summed E-state index contributed by atoms with van der Waals surface area (Å²) in [6.45, 7) is 3.93. The number of aromatic nitrogens is 1. The Morgan fingerprint density at radius 2 is 2.00 bits per heavy atom. The van der Waals surface area contributed by atoms with Crippen LogP contribution in [0.4, 0.5) is 5.82 Å². The Hall–Kier alpha value is -1.09. The van der Waals surface area contributed by atoms with Crippen molar-refractivity contribution in [1.82, 2.24) is 4.98 Å². The van der Waals surface area contributed by atoms with Gasteiger partial charge in [0, 0.05) is 25.8 Å². The van der Waals surface area contributed by atoms with Crippen LogP contribution in [0.5, 0.6) is 0 Å². The van der Waals surface area contributed by atoms with Crippen molar-refractivity contribution >= 4 is 5.82 Å². The van der Waals surface area contributed by atoms with Crippen molar-refractivity contribution in [1.29, 1.82) is 0 Å². The normalized spacial score (nSPS) is 16.4. The van der Waals surface area contributed by atoms with E-state index in [4.69, 9.17) is 10.7 Å². The van der Waals surface area contributed by atoms with Crippen LogP contribution in [0, 0.1) is 5.92 Å². The van der Waals surface area contributed by atoms with Crippen molar-refractivity contribution in [2.75, 3.05) is 18.5 Å². The molecule has 3 nitrogen and oxygen atoms in total. The molecule has 112 valence electrons. The quantitative estimate of drug-likeness (QED) is 0.864. The highest BCUT2D eigenvalue weighted by Crippen LogP contribution is 2.25.